The van der Waals surface area contributed by atoms with Gasteiger partial charge in [0.05, 0.1) is 18.5 Å². The van der Waals surface area contributed by atoms with Crippen LogP contribution in [-0.4, -0.2) is 35.4 Å². The summed E-state index contributed by atoms with van der Waals surface area (Å²) in [6.07, 6.45) is 4.17. The van der Waals surface area contributed by atoms with Crippen LogP contribution in [0.4, 0.5) is 11.4 Å². The summed E-state index contributed by atoms with van der Waals surface area (Å²) in [5.41, 5.74) is 1.48. The van der Waals surface area contributed by atoms with Gasteiger partial charge in [-0.25, -0.2) is 4.68 Å². The number of aryl methyl sites for hydroxylation is 1. The standard InChI is InChI=1S/C20H26N4O3/c1-3-27-18-8-6-16(7-9-18)22-19(25)11-15-5-4-10-24(14-15)17-12-20(26)23(2)21-13-17/h6-9,12-13,15H,3-5,10-11,14H2,1-2H3,(H,22,25). The Morgan fingerprint density at radius 3 is 2.81 bits per heavy atom. The normalized spacial score (nSPS) is 16.8. The van der Waals surface area contributed by atoms with Crippen molar-refractivity contribution < 1.29 is 9.53 Å². The third-order valence-corrected chi connectivity index (χ3v) is 4.76. The van der Waals surface area contributed by atoms with Crippen LogP contribution in [0.3, 0.4) is 0 Å². The fraction of sp³-hybridized carbons (Fsp3) is 0.450. The van der Waals surface area contributed by atoms with Crippen molar-refractivity contribution in [2.45, 2.75) is 26.2 Å². The summed E-state index contributed by atoms with van der Waals surface area (Å²) in [4.78, 5) is 26.4. The summed E-state index contributed by atoms with van der Waals surface area (Å²) in [7, 11) is 1.64. The SMILES string of the molecule is CCOc1ccc(NC(=O)CC2CCCN(c3cnn(C)c(=O)c3)C2)cc1. The number of carbonyl (C=O) groups is 1. The van der Waals surface area contributed by atoms with E-state index in [1.807, 2.05) is 31.2 Å². The number of anilines is 2. The lowest BCUT2D eigenvalue weighted by molar-refractivity contribution is -0.117. The molecule has 1 aromatic heterocycles. The van der Waals surface area contributed by atoms with Crippen molar-refractivity contribution in [3.05, 3.63) is 46.9 Å². The van der Waals surface area contributed by atoms with Crippen molar-refractivity contribution in [2.75, 3.05) is 29.9 Å². The number of rotatable bonds is 6. The maximum Gasteiger partial charge on any atom is 0.268 e. The van der Waals surface area contributed by atoms with Gasteiger partial charge in [0.15, 0.2) is 0 Å². The van der Waals surface area contributed by atoms with Crippen molar-refractivity contribution in [1.82, 2.24) is 9.78 Å². The number of ether oxygens (including phenoxy) is 1. The molecule has 144 valence electrons. The number of aromatic nitrogens is 2. The van der Waals surface area contributed by atoms with E-state index in [4.69, 9.17) is 4.74 Å². The maximum atomic E-state index is 12.4. The molecule has 1 aliphatic rings. The highest BCUT2D eigenvalue weighted by Crippen LogP contribution is 2.24. The van der Waals surface area contributed by atoms with Crippen LogP contribution in [0, 0.1) is 5.92 Å². The van der Waals surface area contributed by atoms with E-state index in [-0.39, 0.29) is 17.4 Å². The second-order valence-electron chi connectivity index (χ2n) is 6.84. The van der Waals surface area contributed by atoms with Crippen LogP contribution in [0.1, 0.15) is 26.2 Å². The predicted molar refractivity (Wildman–Crippen MR) is 105 cm³/mol. The van der Waals surface area contributed by atoms with Gasteiger partial charge in [0, 0.05) is 38.3 Å². The van der Waals surface area contributed by atoms with E-state index in [0.717, 1.165) is 43.1 Å². The topological polar surface area (TPSA) is 76.5 Å². The monoisotopic (exact) mass is 370 g/mol. The van der Waals surface area contributed by atoms with Gasteiger partial charge in [-0.05, 0) is 49.9 Å². The number of nitrogens with zero attached hydrogens (tertiary/aromatic N) is 3. The lowest BCUT2D eigenvalue weighted by Crippen LogP contribution is -2.37. The average molecular weight is 370 g/mol. The minimum Gasteiger partial charge on any atom is -0.494 e. The van der Waals surface area contributed by atoms with Gasteiger partial charge in [-0.3, -0.25) is 9.59 Å². The molecule has 1 amide bonds. The molecule has 0 aliphatic carbocycles. The third kappa shape index (κ3) is 5.09. The number of carbonyl (C=O) groups excluding carboxylic acids is 1. The summed E-state index contributed by atoms with van der Waals surface area (Å²) in [6.45, 7) is 4.19. The number of nitrogens with one attached hydrogen (secondary N) is 1. The van der Waals surface area contributed by atoms with Gasteiger partial charge >= 0.3 is 0 Å². The lowest BCUT2D eigenvalue weighted by atomic mass is 9.94. The first kappa shape index (κ1) is 18.9. The molecular weight excluding hydrogens is 344 g/mol. The van der Waals surface area contributed by atoms with Gasteiger partial charge in [0.1, 0.15) is 5.75 Å². The summed E-state index contributed by atoms with van der Waals surface area (Å²) in [5, 5.41) is 7.04. The fourth-order valence-corrected chi connectivity index (χ4v) is 3.37. The molecule has 1 N–H and O–H groups in total. The predicted octanol–water partition coefficient (Wildman–Crippen LogP) is 2.42. The Morgan fingerprint density at radius 1 is 1.33 bits per heavy atom. The Bertz CT molecular complexity index is 832. The second kappa shape index (κ2) is 8.70. The zero-order valence-electron chi connectivity index (χ0n) is 15.9. The molecule has 1 atom stereocenters. The van der Waals surface area contributed by atoms with E-state index < -0.39 is 0 Å². The lowest BCUT2D eigenvalue weighted by Gasteiger charge is -2.33. The van der Waals surface area contributed by atoms with Crippen molar-refractivity contribution in [2.24, 2.45) is 13.0 Å². The Balaban J connectivity index is 1.55. The fourth-order valence-electron chi connectivity index (χ4n) is 3.37. The Morgan fingerprint density at radius 2 is 2.11 bits per heavy atom. The van der Waals surface area contributed by atoms with Crippen LogP contribution in [0.5, 0.6) is 5.75 Å². The highest BCUT2D eigenvalue weighted by molar-refractivity contribution is 5.90. The van der Waals surface area contributed by atoms with Gasteiger partial charge in [0.25, 0.3) is 5.56 Å². The molecular formula is C20H26N4O3. The Labute approximate surface area is 158 Å². The molecule has 7 heteroatoms. The van der Waals surface area contributed by atoms with E-state index in [0.29, 0.717) is 13.0 Å². The smallest absolute Gasteiger partial charge is 0.268 e. The molecule has 0 saturated carbocycles. The Hall–Kier alpha value is -2.83. The largest absolute Gasteiger partial charge is 0.494 e. The number of amides is 1. The van der Waals surface area contributed by atoms with Crippen LogP contribution in [0.2, 0.25) is 0 Å². The molecule has 27 heavy (non-hydrogen) atoms. The van der Waals surface area contributed by atoms with Gasteiger partial charge in [-0.15, -0.1) is 0 Å². The van der Waals surface area contributed by atoms with Crippen LogP contribution in [0.15, 0.2) is 41.3 Å². The summed E-state index contributed by atoms with van der Waals surface area (Å²) >= 11 is 0. The number of hydrogen-bond donors (Lipinski definition) is 1. The van der Waals surface area contributed by atoms with Crippen LogP contribution < -0.4 is 20.5 Å². The maximum absolute atomic E-state index is 12.4. The summed E-state index contributed by atoms with van der Waals surface area (Å²) < 4.78 is 6.72. The van der Waals surface area contributed by atoms with Gasteiger partial charge in [-0.2, -0.15) is 5.10 Å². The van der Waals surface area contributed by atoms with Crippen molar-refractivity contribution in [1.29, 1.82) is 0 Å². The zero-order chi connectivity index (χ0) is 19.2. The average Bonchev–Trinajstić information content (AvgIpc) is 2.66. The molecule has 7 nitrogen and oxygen atoms in total. The first-order chi connectivity index (χ1) is 13.0. The Kier molecular flexibility index (Phi) is 6.11. The molecule has 1 saturated heterocycles. The molecule has 3 rings (SSSR count). The number of benzene rings is 1. The minimum absolute atomic E-state index is 0.00751. The van der Waals surface area contributed by atoms with Gasteiger partial charge in [0.2, 0.25) is 5.91 Å². The molecule has 1 aliphatic heterocycles. The number of piperidine rings is 1. The summed E-state index contributed by atoms with van der Waals surface area (Å²) in [5.74, 6) is 1.06. The van der Waals surface area contributed by atoms with Crippen LogP contribution in [-0.2, 0) is 11.8 Å². The molecule has 1 fully saturated rings. The number of hydrogen-bond acceptors (Lipinski definition) is 5. The molecule has 2 aromatic rings. The van der Waals surface area contributed by atoms with Gasteiger partial charge in [-0.1, -0.05) is 0 Å². The minimum atomic E-state index is -0.122. The molecule has 0 spiro atoms. The van der Waals surface area contributed by atoms with E-state index in [1.54, 1.807) is 19.3 Å². The first-order valence-corrected chi connectivity index (χ1v) is 9.36. The van der Waals surface area contributed by atoms with E-state index in [2.05, 4.69) is 15.3 Å². The first-order valence-electron chi connectivity index (χ1n) is 9.36. The quantitative estimate of drug-likeness (QED) is 0.845. The van der Waals surface area contributed by atoms with Crippen molar-refractivity contribution >= 4 is 17.3 Å². The second-order valence-corrected chi connectivity index (χ2v) is 6.84. The highest BCUT2D eigenvalue weighted by Gasteiger charge is 2.23. The van der Waals surface area contributed by atoms with E-state index in [9.17, 15) is 9.59 Å². The third-order valence-electron chi connectivity index (χ3n) is 4.76. The van der Waals surface area contributed by atoms with Crippen molar-refractivity contribution in [3.63, 3.8) is 0 Å². The molecule has 2 heterocycles. The molecule has 1 unspecified atom stereocenters. The van der Waals surface area contributed by atoms with E-state index >= 15 is 0 Å². The molecule has 0 bridgehead atoms. The van der Waals surface area contributed by atoms with Crippen LogP contribution >= 0.6 is 0 Å². The van der Waals surface area contributed by atoms with Crippen molar-refractivity contribution in [3.8, 4) is 5.75 Å². The molecule has 0 radical (unpaired) electrons. The zero-order valence-corrected chi connectivity index (χ0v) is 15.9. The molecule has 1 aromatic carbocycles. The van der Waals surface area contributed by atoms with E-state index in [1.165, 1.54) is 4.68 Å². The van der Waals surface area contributed by atoms with Gasteiger partial charge < -0.3 is 15.0 Å². The highest BCUT2D eigenvalue weighted by atomic mass is 16.5. The summed E-state index contributed by atoms with van der Waals surface area (Å²) in [6, 6.07) is 9.01. The van der Waals surface area contributed by atoms with Crippen LogP contribution in [0.25, 0.3) is 0 Å².